The number of hydrogen-bond donors (Lipinski definition) is 0. The summed E-state index contributed by atoms with van der Waals surface area (Å²) in [6.45, 7) is 2.59. The van der Waals surface area contributed by atoms with Gasteiger partial charge in [0.2, 0.25) is 5.91 Å². The summed E-state index contributed by atoms with van der Waals surface area (Å²) in [5, 5.41) is 0. The third-order valence-corrected chi connectivity index (χ3v) is 5.74. The Morgan fingerprint density at radius 1 is 0.931 bits per heavy atom. The number of rotatable bonds is 5. The lowest BCUT2D eigenvalue weighted by Gasteiger charge is -2.40. The molecule has 2 aromatic carbocycles. The van der Waals surface area contributed by atoms with Crippen LogP contribution >= 0.6 is 0 Å². The maximum absolute atomic E-state index is 13.0. The predicted molar refractivity (Wildman–Crippen MR) is 109 cm³/mol. The van der Waals surface area contributed by atoms with Crippen LogP contribution < -0.4 is 0 Å². The first-order chi connectivity index (χ1) is 14.1. The fourth-order valence-electron chi connectivity index (χ4n) is 4.15. The van der Waals surface area contributed by atoms with Crippen molar-refractivity contribution in [3.8, 4) is 0 Å². The molecule has 0 spiro atoms. The van der Waals surface area contributed by atoms with Crippen LogP contribution in [0, 0.1) is 0 Å². The van der Waals surface area contributed by atoms with E-state index in [1.807, 2.05) is 23.1 Å². The molecule has 2 aromatic rings. The van der Waals surface area contributed by atoms with Crippen LogP contribution in [0.3, 0.4) is 0 Å². The molecule has 29 heavy (non-hydrogen) atoms. The van der Waals surface area contributed by atoms with E-state index in [2.05, 4.69) is 24.1 Å². The summed E-state index contributed by atoms with van der Waals surface area (Å²) in [4.78, 5) is 43.3. The second-order valence-corrected chi connectivity index (χ2v) is 7.69. The lowest BCUT2D eigenvalue weighted by molar-refractivity contribution is -0.136. The average Bonchev–Trinajstić information content (AvgIpc) is 2.99. The van der Waals surface area contributed by atoms with E-state index >= 15 is 0 Å². The van der Waals surface area contributed by atoms with E-state index in [-0.39, 0.29) is 30.3 Å². The lowest BCUT2D eigenvalue weighted by atomic mass is 10.0. The molecule has 1 unspecified atom stereocenters. The van der Waals surface area contributed by atoms with Crippen molar-refractivity contribution < 1.29 is 14.4 Å². The number of fused-ring (bicyclic) bond motifs is 1. The number of benzene rings is 2. The number of likely N-dealkylation sites (N-methyl/N-ethyl adjacent to an activating group) is 1. The SMILES string of the molecule is CN1CCN(C(=O)CCCN2C(=O)c3ccccc3C2=O)C(c2ccccc2)C1. The number of amides is 3. The quantitative estimate of drug-likeness (QED) is 0.735. The number of carbonyl (C=O) groups is 3. The van der Waals surface area contributed by atoms with Crippen LogP contribution in [0.15, 0.2) is 54.6 Å². The molecule has 0 aliphatic carbocycles. The molecule has 0 N–H and O–H groups in total. The van der Waals surface area contributed by atoms with Gasteiger partial charge in [0.1, 0.15) is 0 Å². The van der Waals surface area contributed by atoms with Gasteiger partial charge in [-0.15, -0.1) is 0 Å². The van der Waals surface area contributed by atoms with E-state index in [1.165, 1.54) is 4.90 Å². The zero-order chi connectivity index (χ0) is 20.4. The van der Waals surface area contributed by atoms with Gasteiger partial charge >= 0.3 is 0 Å². The molecule has 1 atom stereocenters. The summed E-state index contributed by atoms with van der Waals surface area (Å²) >= 11 is 0. The van der Waals surface area contributed by atoms with Gasteiger partial charge in [0.05, 0.1) is 17.2 Å². The number of hydrogen-bond acceptors (Lipinski definition) is 4. The molecule has 3 amide bonds. The first-order valence-corrected chi connectivity index (χ1v) is 10.0. The Morgan fingerprint density at radius 2 is 1.55 bits per heavy atom. The molecule has 4 rings (SSSR count). The molecule has 2 aliphatic heterocycles. The van der Waals surface area contributed by atoms with Crippen molar-refractivity contribution in [2.75, 3.05) is 33.2 Å². The first kappa shape index (κ1) is 19.3. The van der Waals surface area contributed by atoms with E-state index in [0.717, 1.165) is 18.7 Å². The molecule has 0 radical (unpaired) electrons. The Kier molecular flexibility index (Phi) is 5.45. The summed E-state index contributed by atoms with van der Waals surface area (Å²) in [5.74, 6) is -0.455. The Balaban J connectivity index is 1.38. The normalized spacial score (nSPS) is 19.6. The first-order valence-electron chi connectivity index (χ1n) is 10.0. The molecular formula is C23H25N3O3. The van der Waals surface area contributed by atoms with Crippen LogP contribution in [0.2, 0.25) is 0 Å². The molecule has 0 bridgehead atoms. The minimum atomic E-state index is -0.264. The highest BCUT2D eigenvalue weighted by Gasteiger charge is 2.35. The maximum Gasteiger partial charge on any atom is 0.261 e. The topological polar surface area (TPSA) is 60.9 Å². The summed E-state index contributed by atoms with van der Waals surface area (Å²) in [5.41, 5.74) is 2.03. The molecular weight excluding hydrogens is 366 g/mol. The molecule has 6 heteroatoms. The molecule has 2 aliphatic rings. The molecule has 1 saturated heterocycles. The van der Waals surface area contributed by atoms with Crippen LogP contribution in [0.25, 0.3) is 0 Å². The summed E-state index contributed by atoms with van der Waals surface area (Å²) in [7, 11) is 2.07. The Bertz CT molecular complexity index is 893. The van der Waals surface area contributed by atoms with Gasteiger partial charge in [-0.3, -0.25) is 19.3 Å². The fraction of sp³-hybridized carbons (Fsp3) is 0.348. The van der Waals surface area contributed by atoms with Crippen molar-refractivity contribution in [1.82, 2.24) is 14.7 Å². The molecule has 0 aromatic heterocycles. The highest BCUT2D eigenvalue weighted by Crippen LogP contribution is 2.26. The van der Waals surface area contributed by atoms with Crippen LogP contribution in [-0.4, -0.2) is 65.6 Å². The van der Waals surface area contributed by atoms with Crippen molar-refractivity contribution >= 4 is 17.7 Å². The van der Waals surface area contributed by atoms with E-state index in [4.69, 9.17) is 0 Å². The van der Waals surface area contributed by atoms with Gasteiger partial charge in [0.15, 0.2) is 0 Å². The summed E-state index contributed by atoms with van der Waals surface area (Å²) < 4.78 is 0. The number of piperazine rings is 1. The summed E-state index contributed by atoms with van der Waals surface area (Å²) in [6, 6.07) is 17.0. The third-order valence-electron chi connectivity index (χ3n) is 5.74. The predicted octanol–water partition coefficient (Wildman–Crippen LogP) is 2.58. The smallest absolute Gasteiger partial charge is 0.261 e. The number of imide groups is 1. The van der Waals surface area contributed by atoms with Gasteiger partial charge in [0.25, 0.3) is 11.8 Å². The van der Waals surface area contributed by atoms with Crippen molar-refractivity contribution in [2.24, 2.45) is 0 Å². The fourth-order valence-corrected chi connectivity index (χ4v) is 4.15. The second kappa shape index (κ2) is 8.17. The average molecular weight is 391 g/mol. The third kappa shape index (κ3) is 3.80. The van der Waals surface area contributed by atoms with Gasteiger partial charge < -0.3 is 9.80 Å². The monoisotopic (exact) mass is 391 g/mol. The molecule has 150 valence electrons. The second-order valence-electron chi connectivity index (χ2n) is 7.69. The van der Waals surface area contributed by atoms with Gasteiger partial charge in [-0.1, -0.05) is 42.5 Å². The van der Waals surface area contributed by atoms with E-state index in [9.17, 15) is 14.4 Å². The lowest BCUT2D eigenvalue weighted by Crippen LogP contribution is -2.49. The van der Waals surface area contributed by atoms with Gasteiger partial charge in [-0.05, 0) is 31.2 Å². The van der Waals surface area contributed by atoms with Gasteiger partial charge in [-0.25, -0.2) is 0 Å². The van der Waals surface area contributed by atoms with Crippen LogP contribution in [0.1, 0.15) is 45.2 Å². The highest BCUT2D eigenvalue weighted by atomic mass is 16.2. The van der Waals surface area contributed by atoms with E-state index in [0.29, 0.717) is 30.5 Å². The zero-order valence-electron chi connectivity index (χ0n) is 16.6. The van der Waals surface area contributed by atoms with E-state index < -0.39 is 0 Å². The Hall–Kier alpha value is -2.99. The maximum atomic E-state index is 13.0. The number of carbonyl (C=O) groups excluding carboxylic acids is 3. The molecule has 2 heterocycles. The minimum Gasteiger partial charge on any atom is -0.333 e. The van der Waals surface area contributed by atoms with Crippen molar-refractivity contribution in [3.63, 3.8) is 0 Å². The van der Waals surface area contributed by atoms with Crippen LogP contribution in [-0.2, 0) is 4.79 Å². The Morgan fingerprint density at radius 3 is 2.21 bits per heavy atom. The molecule has 0 saturated carbocycles. The van der Waals surface area contributed by atoms with E-state index in [1.54, 1.807) is 24.3 Å². The minimum absolute atomic E-state index is 0.0294. The van der Waals surface area contributed by atoms with Gasteiger partial charge in [-0.2, -0.15) is 0 Å². The Labute approximate surface area is 170 Å². The van der Waals surface area contributed by atoms with Gasteiger partial charge in [0, 0.05) is 32.6 Å². The molecule has 1 fully saturated rings. The van der Waals surface area contributed by atoms with Crippen LogP contribution in [0.4, 0.5) is 0 Å². The van der Waals surface area contributed by atoms with Crippen molar-refractivity contribution in [3.05, 3.63) is 71.3 Å². The highest BCUT2D eigenvalue weighted by molar-refractivity contribution is 6.21. The van der Waals surface area contributed by atoms with Crippen molar-refractivity contribution in [2.45, 2.75) is 18.9 Å². The summed E-state index contributed by atoms with van der Waals surface area (Å²) in [6.07, 6.45) is 0.790. The molecule has 6 nitrogen and oxygen atoms in total. The van der Waals surface area contributed by atoms with Crippen molar-refractivity contribution in [1.29, 1.82) is 0 Å². The van der Waals surface area contributed by atoms with Crippen LogP contribution in [0.5, 0.6) is 0 Å². The largest absolute Gasteiger partial charge is 0.333 e. The number of nitrogens with zero attached hydrogens (tertiary/aromatic N) is 3. The zero-order valence-corrected chi connectivity index (χ0v) is 16.6. The standard InChI is InChI=1S/C23H25N3O3/c1-24-14-15-25(20(16-24)17-8-3-2-4-9-17)21(27)12-7-13-26-22(28)18-10-5-6-11-19(18)23(26)29/h2-6,8-11,20H,7,12-16H2,1H3.